The minimum absolute atomic E-state index is 0.157. The molecule has 1 aliphatic rings. The first-order valence-corrected chi connectivity index (χ1v) is 12.0. The number of nitrogens with zero attached hydrogens (tertiary/aromatic N) is 3. The molecule has 5 rings (SSSR count). The van der Waals surface area contributed by atoms with Gasteiger partial charge in [-0.2, -0.15) is 4.72 Å². The van der Waals surface area contributed by atoms with Gasteiger partial charge in [-0.05, 0) is 48.4 Å². The van der Waals surface area contributed by atoms with E-state index in [1.807, 2.05) is 24.3 Å². The van der Waals surface area contributed by atoms with Gasteiger partial charge in [0.1, 0.15) is 10.3 Å². The van der Waals surface area contributed by atoms with Crippen molar-refractivity contribution in [2.75, 3.05) is 12.3 Å². The lowest BCUT2D eigenvalue weighted by atomic mass is 10.1. The number of hydrogen-bond acceptors (Lipinski definition) is 7. The summed E-state index contributed by atoms with van der Waals surface area (Å²) in [4.78, 5) is 23.0. The van der Waals surface area contributed by atoms with Gasteiger partial charge in [0.05, 0.1) is 15.7 Å². The van der Waals surface area contributed by atoms with Gasteiger partial charge < -0.3 is 10.6 Å². The third kappa shape index (κ3) is 3.73. The van der Waals surface area contributed by atoms with E-state index >= 15 is 0 Å². The molecule has 1 saturated heterocycles. The Morgan fingerprint density at radius 2 is 1.97 bits per heavy atom. The molecule has 1 fully saturated rings. The van der Waals surface area contributed by atoms with E-state index in [1.165, 1.54) is 6.07 Å². The van der Waals surface area contributed by atoms with Gasteiger partial charge in [-0.15, -0.1) is 11.3 Å². The highest BCUT2D eigenvalue weighted by molar-refractivity contribution is 7.91. The number of carbonyl (C=O) groups excluding carboxylic acids is 1. The Labute approximate surface area is 182 Å². The molecular weight excluding hydrogens is 434 g/mol. The first kappa shape index (κ1) is 19.9. The Morgan fingerprint density at radius 3 is 2.81 bits per heavy atom. The number of amides is 1. The molecule has 0 unspecified atom stereocenters. The highest BCUT2D eigenvalue weighted by Gasteiger charge is 2.35. The van der Waals surface area contributed by atoms with Crippen LogP contribution in [0.15, 0.2) is 59.1 Å². The average Bonchev–Trinajstić information content (AvgIpc) is 3.34. The van der Waals surface area contributed by atoms with Crippen molar-refractivity contribution in [2.45, 2.75) is 23.2 Å². The molecule has 8 nitrogen and oxygen atoms in total. The molecule has 1 aliphatic heterocycles. The summed E-state index contributed by atoms with van der Waals surface area (Å²) in [6.07, 6.45) is 3.69. The number of rotatable bonds is 5. The number of nitrogen functional groups attached to an aromatic ring is 1. The average molecular weight is 454 g/mol. The van der Waals surface area contributed by atoms with Crippen molar-refractivity contribution in [3.8, 4) is 0 Å². The molecule has 0 spiro atoms. The largest absolute Gasteiger partial charge is 0.398 e. The number of aromatic nitrogens is 2. The quantitative estimate of drug-likeness (QED) is 0.479. The van der Waals surface area contributed by atoms with Crippen molar-refractivity contribution in [2.24, 2.45) is 0 Å². The monoisotopic (exact) mass is 453 g/mol. The molecule has 1 amide bonds. The third-order valence-corrected chi connectivity index (χ3v) is 8.37. The van der Waals surface area contributed by atoms with Gasteiger partial charge >= 0.3 is 0 Å². The molecule has 0 saturated carbocycles. The summed E-state index contributed by atoms with van der Waals surface area (Å²) in [6.45, 7) is 0.856. The summed E-state index contributed by atoms with van der Waals surface area (Å²) in [5.74, 6) is -0.234. The van der Waals surface area contributed by atoms with Crippen LogP contribution in [-0.4, -0.2) is 41.8 Å². The molecule has 0 bridgehead atoms. The second-order valence-corrected chi connectivity index (χ2v) is 10.5. The van der Waals surface area contributed by atoms with E-state index in [9.17, 15) is 13.2 Å². The van der Waals surface area contributed by atoms with Gasteiger partial charge in [0.15, 0.2) is 0 Å². The number of sulfonamides is 1. The van der Waals surface area contributed by atoms with E-state index in [-0.39, 0.29) is 10.1 Å². The molecule has 10 heteroatoms. The van der Waals surface area contributed by atoms with Crippen LogP contribution in [0.5, 0.6) is 0 Å². The zero-order valence-corrected chi connectivity index (χ0v) is 18.0. The molecule has 3 N–H and O–H groups in total. The lowest BCUT2D eigenvalue weighted by Crippen LogP contribution is -2.41. The fourth-order valence-electron chi connectivity index (χ4n) is 3.76. The molecule has 158 valence electrons. The topological polar surface area (TPSA) is 118 Å². The van der Waals surface area contributed by atoms with Crippen molar-refractivity contribution in [1.29, 1.82) is 0 Å². The molecule has 0 aliphatic carbocycles. The fraction of sp³-hybridized carbons (Fsp3) is 0.190. The molecule has 1 atom stereocenters. The van der Waals surface area contributed by atoms with E-state index in [0.29, 0.717) is 30.7 Å². The van der Waals surface area contributed by atoms with E-state index in [2.05, 4.69) is 14.7 Å². The van der Waals surface area contributed by atoms with Gasteiger partial charge in [0.25, 0.3) is 10.0 Å². The molecule has 4 heterocycles. The Kier molecular flexibility index (Phi) is 4.84. The summed E-state index contributed by atoms with van der Waals surface area (Å²) in [7, 11) is -3.81. The highest BCUT2D eigenvalue weighted by atomic mass is 32.2. The van der Waals surface area contributed by atoms with Crippen LogP contribution in [0.25, 0.3) is 21.1 Å². The minimum Gasteiger partial charge on any atom is -0.398 e. The van der Waals surface area contributed by atoms with E-state index in [4.69, 9.17) is 5.73 Å². The SMILES string of the molecule is Nc1ccnc2ccc(CN3CC[C@H](NS(=O)(=O)c4cc5ncccc5s4)C3=O)cc12. The Bertz CT molecular complexity index is 1380. The van der Waals surface area contributed by atoms with Gasteiger partial charge in [-0.1, -0.05) is 6.07 Å². The van der Waals surface area contributed by atoms with Gasteiger partial charge in [-0.3, -0.25) is 14.8 Å². The smallest absolute Gasteiger partial charge is 0.250 e. The first-order valence-electron chi connectivity index (χ1n) is 9.69. The Balaban J connectivity index is 1.32. The van der Waals surface area contributed by atoms with Gasteiger partial charge in [0, 0.05) is 36.6 Å². The van der Waals surface area contributed by atoms with Gasteiger partial charge in [-0.25, -0.2) is 8.42 Å². The lowest BCUT2D eigenvalue weighted by molar-refractivity contribution is -0.129. The minimum atomic E-state index is -3.81. The summed E-state index contributed by atoms with van der Waals surface area (Å²) >= 11 is 1.14. The highest BCUT2D eigenvalue weighted by Crippen LogP contribution is 2.28. The third-order valence-electron chi connectivity index (χ3n) is 5.34. The number of carbonyl (C=O) groups is 1. The van der Waals surface area contributed by atoms with Crippen LogP contribution in [0.2, 0.25) is 0 Å². The van der Waals surface area contributed by atoms with Crippen LogP contribution in [0.4, 0.5) is 5.69 Å². The second-order valence-electron chi connectivity index (χ2n) is 7.43. The first-order chi connectivity index (χ1) is 14.9. The van der Waals surface area contributed by atoms with Crippen molar-refractivity contribution in [3.05, 3.63) is 60.4 Å². The maximum absolute atomic E-state index is 12.9. The molecule has 31 heavy (non-hydrogen) atoms. The number of pyridine rings is 2. The predicted octanol–water partition coefficient (Wildman–Crippen LogP) is 2.51. The standard InChI is InChI=1S/C21H19N5O3S2/c22-15-5-8-24-16-4-3-13(10-14(15)16)12-26-9-6-17(21(26)27)25-31(28,29)20-11-18-19(30-20)2-1-7-23-18/h1-5,7-8,10-11,17,25H,6,9,12H2,(H2,22,24)/t17-/m0/s1. The van der Waals surface area contributed by atoms with E-state index in [0.717, 1.165) is 32.5 Å². The summed E-state index contributed by atoms with van der Waals surface area (Å²) in [5, 5.41) is 0.835. The summed E-state index contributed by atoms with van der Waals surface area (Å²) in [5.41, 5.74) is 8.99. The zero-order valence-electron chi connectivity index (χ0n) is 16.4. The number of nitrogens with two attached hydrogens (primary N) is 1. The maximum atomic E-state index is 12.9. The van der Waals surface area contributed by atoms with Crippen LogP contribution >= 0.6 is 11.3 Å². The van der Waals surface area contributed by atoms with Crippen LogP contribution in [-0.2, 0) is 21.4 Å². The van der Waals surface area contributed by atoms with Crippen LogP contribution in [0.3, 0.4) is 0 Å². The number of fused-ring (bicyclic) bond motifs is 2. The van der Waals surface area contributed by atoms with Gasteiger partial charge in [0.2, 0.25) is 5.91 Å². The van der Waals surface area contributed by atoms with Crippen LogP contribution < -0.4 is 10.5 Å². The van der Waals surface area contributed by atoms with E-state index < -0.39 is 16.1 Å². The Hall–Kier alpha value is -3.08. The van der Waals surface area contributed by atoms with Crippen molar-refractivity contribution in [1.82, 2.24) is 19.6 Å². The summed E-state index contributed by atoms with van der Waals surface area (Å²) in [6, 6.07) is 11.8. The van der Waals surface area contributed by atoms with Crippen LogP contribution in [0, 0.1) is 0 Å². The number of thiophene rings is 1. The van der Waals surface area contributed by atoms with Crippen molar-refractivity contribution >= 4 is 54.1 Å². The zero-order chi connectivity index (χ0) is 21.6. The van der Waals surface area contributed by atoms with Crippen molar-refractivity contribution < 1.29 is 13.2 Å². The number of hydrogen-bond donors (Lipinski definition) is 2. The number of likely N-dealkylation sites (tertiary alicyclic amines) is 1. The normalized spacial score (nSPS) is 17.1. The lowest BCUT2D eigenvalue weighted by Gasteiger charge is -2.17. The van der Waals surface area contributed by atoms with Crippen molar-refractivity contribution in [3.63, 3.8) is 0 Å². The molecular formula is C21H19N5O3S2. The second kappa shape index (κ2) is 7.56. The summed E-state index contributed by atoms with van der Waals surface area (Å²) < 4.78 is 29.2. The molecule has 4 aromatic rings. The molecule has 0 radical (unpaired) electrons. The predicted molar refractivity (Wildman–Crippen MR) is 120 cm³/mol. The maximum Gasteiger partial charge on any atom is 0.250 e. The number of benzene rings is 1. The van der Waals surface area contributed by atoms with E-state index in [1.54, 1.807) is 29.4 Å². The number of nitrogens with one attached hydrogen (secondary N) is 1. The molecule has 3 aromatic heterocycles. The molecule has 1 aromatic carbocycles. The van der Waals surface area contributed by atoms with Crippen LogP contribution in [0.1, 0.15) is 12.0 Å². The number of anilines is 1. The fourth-order valence-corrected chi connectivity index (χ4v) is 6.34. The Morgan fingerprint density at radius 1 is 1.13 bits per heavy atom.